The van der Waals surface area contributed by atoms with Crippen molar-refractivity contribution in [2.24, 2.45) is 0 Å². The summed E-state index contributed by atoms with van der Waals surface area (Å²) in [5.74, 6) is -0.460. The van der Waals surface area contributed by atoms with Crippen molar-refractivity contribution in [2.45, 2.75) is 12.6 Å². The SMILES string of the molecule is Nc1cc(Br)c(NC(=O)CCOCC(F)(F)F)c(Br)c1. The molecule has 0 aromatic heterocycles. The van der Waals surface area contributed by atoms with Crippen LogP contribution < -0.4 is 11.1 Å². The van der Waals surface area contributed by atoms with Crippen LogP contribution in [-0.4, -0.2) is 25.3 Å². The van der Waals surface area contributed by atoms with Crippen molar-refractivity contribution in [2.75, 3.05) is 24.3 Å². The van der Waals surface area contributed by atoms with Gasteiger partial charge in [0.05, 0.1) is 18.7 Å². The smallest absolute Gasteiger partial charge is 0.399 e. The maximum absolute atomic E-state index is 11.8. The average molecular weight is 420 g/mol. The minimum Gasteiger partial charge on any atom is -0.399 e. The number of carbonyl (C=O) groups excluding carboxylic acids is 1. The normalized spacial score (nSPS) is 11.4. The molecular weight excluding hydrogens is 409 g/mol. The maximum atomic E-state index is 11.8. The second-order valence-electron chi connectivity index (χ2n) is 3.83. The number of nitrogens with two attached hydrogens (primary N) is 1. The quantitative estimate of drug-likeness (QED) is 0.565. The Labute approximate surface area is 130 Å². The molecule has 3 N–H and O–H groups in total. The minimum absolute atomic E-state index is 0.181. The Morgan fingerprint density at radius 2 is 1.85 bits per heavy atom. The molecule has 0 atom stereocenters. The Morgan fingerprint density at radius 3 is 2.35 bits per heavy atom. The Balaban J connectivity index is 2.47. The van der Waals surface area contributed by atoms with Crippen LogP contribution in [0.25, 0.3) is 0 Å². The number of amides is 1. The van der Waals surface area contributed by atoms with E-state index in [0.29, 0.717) is 20.3 Å². The number of benzene rings is 1. The van der Waals surface area contributed by atoms with Gasteiger partial charge >= 0.3 is 6.18 Å². The highest BCUT2D eigenvalue weighted by Gasteiger charge is 2.27. The van der Waals surface area contributed by atoms with E-state index < -0.39 is 18.7 Å². The molecule has 0 saturated carbocycles. The first-order valence-corrected chi connectivity index (χ1v) is 6.96. The number of anilines is 2. The van der Waals surface area contributed by atoms with E-state index in [9.17, 15) is 18.0 Å². The summed E-state index contributed by atoms with van der Waals surface area (Å²) in [6, 6.07) is 3.20. The van der Waals surface area contributed by atoms with Crippen LogP contribution in [-0.2, 0) is 9.53 Å². The van der Waals surface area contributed by atoms with Crippen LogP contribution in [0.5, 0.6) is 0 Å². The lowest BCUT2D eigenvalue weighted by atomic mass is 10.3. The van der Waals surface area contributed by atoms with Crippen LogP contribution in [0.15, 0.2) is 21.1 Å². The fourth-order valence-corrected chi connectivity index (χ4v) is 2.69. The second kappa shape index (κ2) is 7.28. The van der Waals surface area contributed by atoms with Crippen molar-refractivity contribution in [1.82, 2.24) is 0 Å². The molecule has 4 nitrogen and oxygen atoms in total. The molecule has 0 aliphatic rings. The molecule has 1 aromatic rings. The third-order valence-electron chi connectivity index (χ3n) is 2.07. The van der Waals surface area contributed by atoms with E-state index in [4.69, 9.17) is 5.73 Å². The predicted octanol–water partition coefficient (Wildman–Crippen LogP) is 3.70. The van der Waals surface area contributed by atoms with Gasteiger partial charge in [0.1, 0.15) is 6.61 Å². The molecule has 0 fully saturated rings. The number of rotatable bonds is 5. The highest BCUT2D eigenvalue weighted by atomic mass is 79.9. The summed E-state index contributed by atoms with van der Waals surface area (Å²) in [7, 11) is 0. The predicted molar refractivity (Wildman–Crippen MR) is 76.4 cm³/mol. The number of hydrogen-bond acceptors (Lipinski definition) is 3. The maximum Gasteiger partial charge on any atom is 0.411 e. The number of carbonyl (C=O) groups is 1. The largest absolute Gasteiger partial charge is 0.411 e. The summed E-state index contributed by atoms with van der Waals surface area (Å²) in [5.41, 5.74) is 6.55. The number of alkyl halides is 3. The number of nitrogens with one attached hydrogen (secondary N) is 1. The lowest BCUT2D eigenvalue weighted by molar-refractivity contribution is -0.174. The van der Waals surface area contributed by atoms with Crippen LogP contribution in [0.4, 0.5) is 24.5 Å². The van der Waals surface area contributed by atoms with Crippen LogP contribution in [0.3, 0.4) is 0 Å². The Morgan fingerprint density at radius 1 is 1.30 bits per heavy atom. The zero-order chi connectivity index (χ0) is 15.3. The summed E-state index contributed by atoms with van der Waals surface area (Å²) in [6.45, 7) is -1.68. The number of hydrogen-bond donors (Lipinski definition) is 2. The molecule has 0 bridgehead atoms. The average Bonchev–Trinajstić information content (AvgIpc) is 2.28. The molecule has 0 unspecified atom stereocenters. The van der Waals surface area contributed by atoms with E-state index in [-0.39, 0.29) is 13.0 Å². The van der Waals surface area contributed by atoms with E-state index >= 15 is 0 Å². The zero-order valence-electron chi connectivity index (χ0n) is 10.1. The van der Waals surface area contributed by atoms with Gasteiger partial charge in [0.25, 0.3) is 0 Å². The van der Waals surface area contributed by atoms with E-state index in [0.717, 1.165) is 0 Å². The molecule has 0 aliphatic carbocycles. The first-order chi connectivity index (χ1) is 9.19. The summed E-state index contributed by atoms with van der Waals surface area (Å²) >= 11 is 6.46. The highest BCUT2D eigenvalue weighted by Crippen LogP contribution is 2.33. The van der Waals surface area contributed by atoms with Gasteiger partial charge in [-0.25, -0.2) is 0 Å². The van der Waals surface area contributed by atoms with Gasteiger partial charge in [-0.05, 0) is 44.0 Å². The van der Waals surface area contributed by atoms with Gasteiger partial charge in [0.15, 0.2) is 0 Å². The molecule has 0 aliphatic heterocycles. The van der Waals surface area contributed by atoms with Crippen LogP contribution in [0.1, 0.15) is 6.42 Å². The van der Waals surface area contributed by atoms with Gasteiger partial charge in [0.2, 0.25) is 5.91 Å². The van der Waals surface area contributed by atoms with E-state index in [2.05, 4.69) is 41.9 Å². The van der Waals surface area contributed by atoms with Crippen molar-refractivity contribution < 1.29 is 22.7 Å². The molecule has 1 aromatic carbocycles. The molecule has 0 saturated heterocycles. The Hall–Kier alpha value is -0.800. The third-order valence-corrected chi connectivity index (χ3v) is 3.32. The van der Waals surface area contributed by atoms with Gasteiger partial charge in [0, 0.05) is 14.6 Å². The van der Waals surface area contributed by atoms with E-state index in [1.807, 2.05) is 0 Å². The monoisotopic (exact) mass is 418 g/mol. The molecule has 0 heterocycles. The fraction of sp³-hybridized carbons (Fsp3) is 0.364. The van der Waals surface area contributed by atoms with Crippen LogP contribution >= 0.6 is 31.9 Å². The van der Waals surface area contributed by atoms with Gasteiger partial charge < -0.3 is 15.8 Å². The molecular formula is C11H11Br2F3N2O2. The molecule has 112 valence electrons. The first-order valence-electron chi connectivity index (χ1n) is 5.38. The minimum atomic E-state index is -4.39. The topological polar surface area (TPSA) is 64.3 Å². The van der Waals surface area contributed by atoms with Crippen molar-refractivity contribution in [3.05, 3.63) is 21.1 Å². The molecule has 9 heteroatoms. The third kappa shape index (κ3) is 6.10. The van der Waals surface area contributed by atoms with Crippen molar-refractivity contribution in [3.63, 3.8) is 0 Å². The molecule has 1 amide bonds. The van der Waals surface area contributed by atoms with Gasteiger partial charge in [-0.2, -0.15) is 13.2 Å². The Bertz CT molecular complexity index is 472. The number of halogens is 5. The number of ether oxygens (including phenoxy) is 1. The summed E-state index contributed by atoms with van der Waals surface area (Å²) in [5, 5.41) is 2.55. The standard InChI is InChI=1S/C11H11Br2F3N2O2/c12-7-3-6(17)4-8(13)10(7)18-9(19)1-2-20-5-11(14,15)16/h3-4H,1-2,5,17H2,(H,18,19). The van der Waals surface area contributed by atoms with Crippen LogP contribution in [0.2, 0.25) is 0 Å². The summed E-state index contributed by atoms with van der Waals surface area (Å²) < 4.78 is 40.9. The molecule has 0 spiro atoms. The van der Waals surface area contributed by atoms with E-state index in [1.54, 1.807) is 12.1 Å². The van der Waals surface area contributed by atoms with Gasteiger partial charge in [-0.15, -0.1) is 0 Å². The fourth-order valence-electron chi connectivity index (χ4n) is 1.27. The van der Waals surface area contributed by atoms with Crippen molar-refractivity contribution in [3.8, 4) is 0 Å². The lowest BCUT2D eigenvalue weighted by Gasteiger charge is -2.11. The van der Waals surface area contributed by atoms with Gasteiger partial charge in [-0.3, -0.25) is 4.79 Å². The molecule has 0 radical (unpaired) electrons. The van der Waals surface area contributed by atoms with Crippen molar-refractivity contribution in [1.29, 1.82) is 0 Å². The summed E-state index contributed by atoms with van der Waals surface area (Å²) in [6.07, 6.45) is -4.57. The zero-order valence-corrected chi connectivity index (χ0v) is 13.2. The first kappa shape index (κ1) is 17.3. The Kier molecular flexibility index (Phi) is 6.28. The molecule has 20 heavy (non-hydrogen) atoms. The number of nitrogen functional groups attached to an aromatic ring is 1. The van der Waals surface area contributed by atoms with Gasteiger partial charge in [-0.1, -0.05) is 0 Å². The summed E-state index contributed by atoms with van der Waals surface area (Å²) in [4.78, 5) is 11.6. The van der Waals surface area contributed by atoms with Crippen molar-refractivity contribution >= 4 is 49.1 Å². The van der Waals surface area contributed by atoms with Crippen LogP contribution in [0, 0.1) is 0 Å². The lowest BCUT2D eigenvalue weighted by Crippen LogP contribution is -2.20. The highest BCUT2D eigenvalue weighted by molar-refractivity contribution is 9.11. The van der Waals surface area contributed by atoms with E-state index in [1.165, 1.54) is 0 Å². The second-order valence-corrected chi connectivity index (χ2v) is 5.53. The molecule has 1 rings (SSSR count).